The highest BCUT2D eigenvalue weighted by Crippen LogP contribution is 2.23. The Balaban J connectivity index is 3.04. The van der Waals surface area contributed by atoms with Gasteiger partial charge in [-0.05, 0) is 25.3 Å². The SMILES string of the molecule is CCCN(Oc1cc(F)c(CC(=O)O)c(F)c1)C(C)(N)N/C=C(\CC)COC. The van der Waals surface area contributed by atoms with E-state index in [-0.39, 0.29) is 5.75 Å². The fourth-order valence-electron chi connectivity index (χ4n) is 2.41. The maximum atomic E-state index is 14.1. The molecule has 0 saturated heterocycles. The Bertz CT molecular complexity index is 673. The van der Waals surface area contributed by atoms with Gasteiger partial charge in [-0.25, -0.2) is 8.78 Å². The summed E-state index contributed by atoms with van der Waals surface area (Å²) in [6.45, 7) is 6.35. The molecule has 0 heterocycles. The molecule has 0 aliphatic heterocycles. The lowest BCUT2D eigenvalue weighted by atomic mass is 10.1. The van der Waals surface area contributed by atoms with Crippen LogP contribution in [0.2, 0.25) is 0 Å². The Morgan fingerprint density at radius 1 is 1.36 bits per heavy atom. The minimum atomic E-state index is -1.33. The molecule has 0 aliphatic rings. The Morgan fingerprint density at radius 3 is 2.43 bits per heavy atom. The second kappa shape index (κ2) is 10.9. The van der Waals surface area contributed by atoms with Gasteiger partial charge in [-0.1, -0.05) is 13.8 Å². The molecular formula is C19H29F2N3O4. The lowest BCUT2D eigenvalue weighted by Gasteiger charge is -2.37. The summed E-state index contributed by atoms with van der Waals surface area (Å²) in [6, 6.07) is 1.89. The number of halogens is 2. The van der Waals surface area contributed by atoms with Crippen LogP contribution in [-0.4, -0.2) is 42.2 Å². The zero-order valence-electron chi connectivity index (χ0n) is 16.7. The van der Waals surface area contributed by atoms with Gasteiger partial charge in [-0.3, -0.25) is 10.5 Å². The van der Waals surface area contributed by atoms with E-state index in [1.807, 2.05) is 13.8 Å². The van der Waals surface area contributed by atoms with Crippen molar-refractivity contribution in [3.8, 4) is 5.75 Å². The molecule has 1 rings (SSSR count). The first-order chi connectivity index (χ1) is 13.1. The van der Waals surface area contributed by atoms with Gasteiger partial charge in [-0.15, -0.1) is 5.06 Å². The molecule has 1 unspecified atom stereocenters. The quantitative estimate of drug-likeness (QED) is 0.366. The van der Waals surface area contributed by atoms with Crippen LogP contribution in [0.15, 0.2) is 23.9 Å². The highest BCUT2D eigenvalue weighted by molar-refractivity contribution is 5.70. The number of carboxylic acids is 1. The molecule has 1 aromatic rings. The van der Waals surface area contributed by atoms with E-state index in [2.05, 4.69) is 5.32 Å². The smallest absolute Gasteiger partial charge is 0.308 e. The van der Waals surface area contributed by atoms with Crippen LogP contribution < -0.4 is 15.9 Å². The first-order valence-corrected chi connectivity index (χ1v) is 9.03. The summed E-state index contributed by atoms with van der Waals surface area (Å²) < 4.78 is 33.3. The van der Waals surface area contributed by atoms with E-state index < -0.39 is 35.4 Å². The van der Waals surface area contributed by atoms with Gasteiger partial charge in [0.2, 0.25) is 0 Å². The van der Waals surface area contributed by atoms with Crippen LogP contribution >= 0.6 is 0 Å². The Hall–Kier alpha value is -2.23. The maximum absolute atomic E-state index is 14.1. The third kappa shape index (κ3) is 7.06. The van der Waals surface area contributed by atoms with Crippen LogP contribution in [0.4, 0.5) is 8.78 Å². The molecule has 4 N–H and O–H groups in total. The number of nitrogens with two attached hydrogens (primary N) is 1. The van der Waals surface area contributed by atoms with Gasteiger partial charge in [0.1, 0.15) is 11.6 Å². The van der Waals surface area contributed by atoms with Crippen LogP contribution in [0, 0.1) is 11.6 Å². The van der Waals surface area contributed by atoms with Crippen molar-refractivity contribution in [1.82, 2.24) is 10.4 Å². The number of nitrogens with one attached hydrogen (secondary N) is 1. The molecule has 7 nitrogen and oxygen atoms in total. The van der Waals surface area contributed by atoms with Crippen LogP contribution in [0.25, 0.3) is 0 Å². The third-order valence-electron chi connectivity index (χ3n) is 3.96. The van der Waals surface area contributed by atoms with Crippen LogP contribution in [-0.2, 0) is 16.0 Å². The Labute approximate surface area is 164 Å². The van der Waals surface area contributed by atoms with Crippen LogP contribution in [0.3, 0.4) is 0 Å². The van der Waals surface area contributed by atoms with Gasteiger partial charge in [0.05, 0.1) is 13.0 Å². The molecule has 0 spiro atoms. The molecule has 9 heteroatoms. The van der Waals surface area contributed by atoms with E-state index in [9.17, 15) is 13.6 Å². The zero-order chi connectivity index (χ0) is 21.3. The van der Waals surface area contributed by atoms with Gasteiger partial charge >= 0.3 is 5.97 Å². The normalized spacial score (nSPS) is 14.1. The number of nitrogens with zero attached hydrogens (tertiary/aromatic N) is 1. The van der Waals surface area contributed by atoms with Crippen molar-refractivity contribution in [2.45, 2.75) is 45.8 Å². The number of aliphatic carboxylic acids is 1. The number of ether oxygens (including phenoxy) is 1. The number of benzene rings is 1. The molecule has 158 valence electrons. The number of hydroxylamine groups is 2. The second-order valence-electron chi connectivity index (χ2n) is 6.51. The average molecular weight is 401 g/mol. The molecule has 28 heavy (non-hydrogen) atoms. The van der Waals surface area contributed by atoms with Gasteiger partial charge in [0.25, 0.3) is 0 Å². The summed E-state index contributed by atoms with van der Waals surface area (Å²) in [5, 5.41) is 13.2. The number of rotatable bonds is 12. The first kappa shape index (κ1) is 23.8. The lowest BCUT2D eigenvalue weighted by Crippen LogP contribution is -2.63. The van der Waals surface area contributed by atoms with Gasteiger partial charge in [-0.2, -0.15) is 0 Å². The van der Waals surface area contributed by atoms with Crippen molar-refractivity contribution in [3.05, 3.63) is 41.1 Å². The fourth-order valence-corrected chi connectivity index (χ4v) is 2.41. The standard InChI is InChI=1S/C19H29F2N3O4/c1-5-7-24(19(3,22)23-11-13(6-2)12-27-4)28-14-8-16(20)15(10-18(25)26)17(21)9-14/h8-9,11,23H,5-7,10,12,22H2,1-4H3,(H,25,26)/b13-11+. The summed E-state index contributed by atoms with van der Waals surface area (Å²) in [5.41, 5.74) is 6.76. The van der Waals surface area contributed by atoms with Crippen molar-refractivity contribution in [2.24, 2.45) is 5.73 Å². The van der Waals surface area contributed by atoms with Gasteiger partial charge < -0.3 is 20.0 Å². The summed E-state index contributed by atoms with van der Waals surface area (Å²) in [5.74, 6) is -4.61. The van der Waals surface area contributed by atoms with Crippen molar-refractivity contribution >= 4 is 5.97 Å². The van der Waals surface area contributed by atoms with Crippen molar-refractivity contribution in [2.75, 3.05) is 20.3 Å². The molecule has 0 fully saturated rings. The molecule has 0 aromatic heterocycles. The van der Waals surface area contributed by atoms with Crippen molar-refractivity contribution in [1.29, 1.82) is 0 Å². The van der Waals surface area contributed by atoms with Crippen LogP contribution in [0.5, 0.6) is 5.75 Å². The predicted octanol–water partition coefficient (Wildman–Crippen LogP) is 2.76. The monoisotopic (exact) mass is 401 g/mol. The van der Waals surface area contributed by atoms with Gasteiger partial charge in [0, 0.05) is 37.6 Å². The zero-order valence-corrected chi connectivity index (χ0v) is 16.7. The number of carboxylic acid groups (broad SMARTS) is 1. The van der Waals surface area contributed by atoms with E-state index in [1.54, 1.807) is 20.2 Å². The molecule has 0 aliphatic carbocycles. The highest BCUT2D eigenvalue weighted by atomic mass is 19.1. The van der Waals surface area contributed by atoms with Crippen molar-refractivity contribution < 1.29 is 28.3 Å². The number of carbonyl (C=O) groups is 1. The molecule has 0 bridgehead atoms. The lowest BCUT2D eigenvalue weighted by molar-refractivity contribution is -0.146. The summed E-state index contributed by atoms with van der Waals surface area (Å²) in [4.78, 5) is 16.4. The van der Waals surface area contributed by atoms with E-state index in [0.29, 0.717) is 19.6 Å². The van der Waals surface area contributed by atoms with E-state index >= 15 is 0 Å². The molecule has 1 atom stereocenters. The summed E-state index contributed by atoms with van der Waals surface area (Å²) in [7, 11) is 1.59. The third-order valence-corrected chi connectivity index (χ3v) is 3.96. The number of methoxy groups -OCH3 is 1. The molecule has 1 aromatic carbocycles. The molecular weight excluding hydrogens is 372 g/mol. The predicted molar refractivity (Wildman–Crippen MR) is 101 cm³/mol. The van der Waals surface area contributed by atoms with Crippen molar-refractivity contribution in [3.63, 3.8) is 0 Å². The largest absolute Gasteiger partial charge is 0.481 e. The minimum Gasteiger partial charge on any atom is -0.481 e. The topological polar surface area (TPSA) is 97.0 Å². The maximum Gasteiger partial charge on any atom is 0.308 e. The Morgan fingerprint density at radius 2 is 1.96 bits per heavy atom. The number of hydrogen-bond acceptors (Lipinski definition) is 6. The molecule has 0 radical (unpaired) electrons. The fraction of sp³-hybridized carbons (Fsp3) is 0.526. The number of hydrogen-bond donors (Lipinski definition) is 3. The first-order valence-electron chi connectivity index (χ1n) is 9.03. The van der Waals surface area contributed by atoms with Gasteiger partial charge in [0.15, 0.2) is 11.5 Å². The summed E-state index contributed by atoms with van der Waals surface area (Å²) >= 11 is 0. The molecule has 0 saturated carbocycles. The second-order valence-corrected chi connectivity index (χ2v) is 6.51. The Kier molecular flexibility index (Phi) is 9.30. The average Bonchev–Trinajstić information content (AvgIpc) is 2.61. The highest BCUT2D eigenvalue weighted by Gasteiger charge is 2.29. The summed E-state index contributed by atoms with van der Waals surface area (Å²) in [6.07, 6.45) is 2.40. The van der Waals surface area contributed by atoms with E-state index in [4.69, 9.17) is 20.4 Å². The van der Waals surface area contributed by atoms with E-state index in [0.717, 1.165) is 24.1 Å². The molecule has 0 amide bonds. The van der Waals surface area contributed by atoms with E-state index in [1.165, 1.54) is 5.06 Å². The minimum absolute atomic E-state index is 0.118. The van der Waals surface area contributed by atoms with Crippen LogP contribution in [0.1, 0.15) is 39.2 Å².